The first kappa shape index (κ1) is 9.75. The Hall–Kier alpha value is -1.34. The normalized spacial score (nSPS) is 10.4. The number of aryl methyl sites for hydroxylation is 2. The van der Waals surface area contributed by atoms with Gasteiger partial charge in [-0.1, -0.05) is 0 Å². The summed E-state index contributed by atoms with van der Waals surface area (Å²) in [4.78, 5) is 1.95. The molecule has 0 saturated carbocycles. The van der Waals surface area contributed by atoms with Crippen molar-refractivity contribution in [2.24, 2.45) is 7.05 Å². The van der Waals surface area contributed by atoms with Crippen molar-refractivity contribution < 1.29 is 0 Å². The zero-order valence-corrected chi connectivity index (χ0v) is 8.28. The monoisotopic (exact) mass is 178 g/mol. The molecule has 1 aromatic rings. The molecule has 0 aromatic carbocycles. The van der Waals surface area contributed by atoms with Gasteiger partial charge in [0.2, 0.25) is 0 Å². The fourth-order valence-corrected chi connectivity index (χ4v) is 1.27. The topological polar surface area (TPSA) is 44.9 Å². The van der Waals surface area contributed by atoms with Gasteiger partial charge in [0.05, 0.1) is 24.0 Å². The van der Waals surface area contributed by atoms with E-state index in [0.717, 1.165) is 17.9 Å². The van der Waals surface area contributed by atoms with Crippen LogP contribution in [-0.2, 0) is 13.6 Å². The van der Waals surface area contributed by atoms with E-state index >= 15 is 0 Å². The van der Waals surface area contributed by atoms with Crippen molar-refractivity contribution in [3.63, 3.8) is 0 Å². The van der Waals surface area contributed by atoms with Crippen LogP contribution < -0.4 is 0 Å². The maximum Gasteiger partial charge on any atom is 0.0866 e. The minimum Gasteiger partial charge on any atom is -0.288 e. The maximum absolute atomic E-state index is 8.48. The summed E-state index contributed by atoms with van der Waals surface area (Å²) in [6.07, 6.45) is 0. The average Bonchev–Trinajstić information content (AvgIpc) is 2.30. The molecule has 1 heterocycles. The lowest BCUT2D eigenvalue weighted by molar-refractivity contribution is 0.355. The number of nitrogens with zero attached hydrogens (tertiary/aromatic N) is 4. The minimum absolute atomic E-state index is 0.449. The second-order valence-corrected chi connectivity index (χ2v) is 3.23. The van der Waals surface area contributed by atoms with Crippen LogP contribution in [0.4, 0.5) is 0 Å². The van der Waals surface area contributed by atoms with Gasteiger partial charge in [0.25, 0.3) is 0 Å². The van der Waals surface area contributed by atoms with Crippen LogP contribution in [0.15, 0.2) is 6.07 Å². The van der Waals surface area contributed by atoms with Crippen molar-refractivity contribution in [1.82, 2.24) is 14.7 Å². The standard InChI is InChI=1S/C9H14N4/c1-8-6-9(13(3)11-8)7-12(2)5-4-10/h6H,5,7H2,1-3H3. The molecule has 0 radical (unpaired) electrons. The van der Waals surface area contributed by atoms with Gasteiger partial charge < -0.3 is 0 Å². The van der Waals surface area contributed by atoms with Gasteiger partial charge in [0, 0.05) is 13.6 Å². The number of rotatable bonds is 3. The largest absolute Gasteiger partial charge is 0.288 e. The molecular weight excluding hydrogens is 164 g/mol. The SMILES string of the molecule is Cc1cc(CN(C)CC#N)n(C)n1. The summed E-state index contributed by atoms with van der Waals surface area (Å²) in [6, 6.07) is 4.15. The van der Waals surface area contributed by atoms with Gasteiger partial charge in [-0.05, 0) is 20.0 Å². The summed E-state index contributed by atoms with van der Waals surface area (Å²) in [6.45, 7) is 3.18. The van der Waals surface area contributed by atoms with E-state index < -0.39 is 0 Å². The van der Waals surface area contributed by atoms with Crippen LogP contribution in [0.3, 0.4) is 0 Å². The molecule has 0 N–H and O–H groups in total. The first-order valence-corrected chi connectivity index (χ1v) is 4.18. The Morgan fingerprint density at radius 3 is 2.85 bits per heavy atom. The molecule has 0 unspecified atom stereocenters. The Labute approximate surface area is 78.4 Å². The Morgan fingerprint density at radius 1 is 1.69 bits per heavy atom. The molecule has 4 heteroatoms. The summed E-state index contributed by atoms with van der Waals surface area (Å²) in [5.41, 5.74) is 2.15. The summed E-state index contributed by atoms with van der Waals surface area (Å²) in [7, 11) is 3.84. The average molecular weight is 178 g/mol. The lowest BCUT2D eigenvalue weighted by Crippen LogP contribution is -2.19. The molecule has 13 heavy (non-hydrogen) atoms. The highest BCUT2D eigenvalue weighted by Gasteiger charge is 2.04. The van der Waals surface area contributed by atoms with Crippen molar-refractivity contribution in [1.29, 1.82) is 5.26 Å². The molecule has 0 saturated heterocycles. The van der Waals surface area contributed by atoms with Gasteiger partial charge in [-0.15, -0.1) is 0 Å². The Morgan fingerprint density at radius 2 is 2.38 bits per heavy atom. The molecule has 4 nitrogen and oxygen atoms in total. The van der Waals surface area contributed by atoms with Crippen LogP contribution in [0.5, 0.6) is 0 Å². The van der Waals surface area contributed by atoms with Crippen LogP contribution in [-0.4, -0.2) is 28.3 Å². The molecule has 0 spiro atoms. The van der Waals surface area contributed by atoms with Gasteiger partial charge in [0.15, 0.2) is 0 Å². The molecule has 1 rings (SSSR count). The maximum atomic E-state index is 8.48. The first-order chi connectivity index (χ1) is 6.13. The summed E-state index contributed by atoms with van der Waals surface area (Å²) in [5, 5.41) is 12.7. The van der Waals surface area contributed by atoms with E-state index in [9.17, 15) is 0 Å². The molecule has 0 aliphatic rings. The highest BCUT2D eigenvalue weighted by Crippen LogP contribution is 2.04. The van der Waals surface area contributed by atoms with Crippen LogP contribution >= 0.6 is 0 Å². The highest BCUT2D eigenvalue weighted by molar-refractivity contribution is 5.08. The second kappa shape index (κ2) is 4.06. The molecule has 0 amide bonds. The third-order valence-corrected chi connectivity index (χ3v) is 1.87. The van der Waals surface area contributed by atoms with Crippen molar-refractivity contribution >= 4 is 0 Å². The molecular formula is C9H14N4. The first-order valence-electron chi connectivity index (χ1n) is 4.18. The van der Waals surface area contributed by atoms with Crippen molar-refractivity contribution in [3.8, 4) is 6.07 Å². The number of hydrogen-bond donors (Lipinski definition) is 0. The van der Waals surface area contributed by atoms with Gasteiger partial charge in [0.1, 0.15) is 0 Å². The fourth-order valence-electron chi connectivity index (χ4n) is 1.27. The highest BCUT2D eigenvalue weighted by atomic mass is 15.3. The molecule has 1 aromatic heterocycles. The van der Waals surface area contributed by atoms with Gasteiger partial charge in [-0.25, -0.2) is 0 Å². The van der Waals surface area contributed by atoms with E-state index in [1.54, 1.807) is 0 Å². The number of aromatic nitrogens is 2. The van der Waals surface area contributed by atoms with E-state index in [1.807, 2.05) is 36.7 Å². The zero-order valence-electron chi connectivity index (χ0n) is 8.28. The van der Waals surface area contributed by atoms with Gasteiger partial charge in [-0.2, -0.15) is 10.4 Å². The smallest absolute Gasteiger partial charge is 0.0866 e. The lowest BCUT2D eigenvalue weighted by Gasteiger charge is -2.11. The van der Waals surface area contributed by atoms with Gasteiger partial charge in [-0.3, -0.25) is 9.58 Å². The van der Waals surface area contributed by atoms with E-state index in [4.69, 9.17) is 5.26 Å². The second-order valence-electron chi connectivity index (χ2n) is 3.23. The summed E-state index contributed by atoms with van der Waals surface area (Å²) < 4.78 is 1.85. The quantitative estimate of drug-likeness (QED) is 0.639. The molecule has 0 aliphatic carbocycles. The van der Waals surface area contributed by atoms with Crippen molar-refractivity contribution in [2.45, 2.75) is 13.5 Å². The lowest BCUT2D eigenvalue weighted by atomic mass is 10.3. The van der Waals surface area contributed by atoms with Crippen LogP contribution in [0.25, 0.3) is 0 Å². The molecule has 0 bridgehead atoms. The molecule has 0 atom stereocenters. The zero-order chi connectivity index (χ0) is 9.84. The van der Waals surface area contributed by atoms with E-state index in [2.05, 4.69) is 11.2 Å². The molecule has 70 valence electrons. The van der Waals surface area contributed by atoms with Gasteiger partial charge >= 0.3 is 0 Å². The minimum atomic E-state index is 0.449. The third kappa shape index (κ3) is 2.56. The fraction of sp³-hybridized carbons (Fsp3) is 0.556. The van der Waals surface area contributed by atoms with Crippen LogP contribution in [0.2, 0.25) is 0 Å². The van der Waals surface area contributed by atoms with Crippen LogP contribution in [0.1, 0.15) is 11.4 Å². The van der Waals surface area contributed by atoms with Crippen molar-refractivity contribution in [2.75, 3.05) is 13.6 Å². The summed E-state index contributed by atoms with van der Waals surface area (Å²) >= 11 is 0. The Balaban J connectivity index is 2.64. The van der Waals surface area contributed by atoms with E-state index in [-0.39, 0.29) is 0 Å². The Kier molecular flexibility index (Phi) is 3.04. The van der Waals surface area contributed by atoms with Crippen LogP contribution in [0, 0.1) is 18.3 Å². The van der Waals surface area contributed by atoms with E-state index in [1.165, 1.54) is 0 Å². The molecule has 0 aliphatic heterocycles. The van der Waals surface area contributed by atoms with E-state index in [0.29, 0.717) is 6.54 Å². The Bertz CT molecular complexity index is 321. The predicted octanol–water partition coefficient (Wildman–Crippen LogP) is 0.684. The van der Waals surface area contributed by atoms with Crippen molar-refractivity contribution in [3.05, 3.63) is 17.5 Å². The predicted molar refractivity (Wildman–Crippen MR) is 49.9 cm³/mol. The number of hydrogen-bond acceptors (Lipinski definition) is 3. The number of nitriles is 1. The summed E-state index contributed by atoms with van der Waals surface area (Å²) in [5.74, 6) is 0. The molecule has 0 fully saturated rings. The third-order valence-electron chi connectivity index (χ3n) is 1.87.